The van der Waals surface area contributed by atoms with Crippen LogP contribution in [0.4, 0.5) is 17.1 Å². The van der Waals surface area contributed by atoms with E-state index in [1.54, 1.807) is 0 Å². The molecule has 2 heteroatoms. The molecule has 2 spiro atoms. The summed E-state index contributed by atoms with van der Waals surface area (Å²) < 4.78 is 2.57. The minimum absolute atomic E-state index is 0.405. The maximum Gasteiger partial charge on any atom is 0.0754 e. The summed E-state index contributed by atoms with van der Waals surface area (Å²) in [5.74, 6) is 0. The molecule has 0 N–H and O–H groups in total. The Bertz CT molecular complexity index is 4600. The fourth-order valence-corrected chi connectivity index (χ4v) is 15.0. The second kappa shape index (κ2) is 15.9. The first-order chi connectivity index (χ1) is 38.5. The third kappa shape index (κ3) is 5.61. The van der Waals surface area contributed by atoms with Crippen LogP contribution >= 0.6 is 0 Å². The molecule has 0 amide bonds. The van der Waals surface area contributed by atoms with Crippen molar-refractivity contribution in [2.45, 2.75) is 24.7 Å². The molecule has 13 aromatic rings. The normalized spacial score (nSPS) is 14.0. The van der Waals surface area contributed by atoms with Gasteiger partial charge in [-0.3, -0.25) is 0 Å². The topological polar surface area (TPSA) is 8.17 Å². The van der Waals surface area contributed by atoms with Crippen molar-refractivity contribution in [2.75, 3.05) is 4.90 Å². The highest BCUT2D eigenvalue weighted by Crippen LogP contribution is 2.64. The maximum atomic E-state index is 2.57. The summed E-state index contributed by atoms with van der Waals surface area (Å²) in [6.45, 7) is 4.49. The summed E-state index contributed by atoms with van der Waals surface area (Å²) in [4.78, 5) is 2.45. The summed E-state index contributed by atoms with van der Waals surface area (Å²) in [6.07, 6.45) is 0. The zero-order valence-electron chi connectivity index (χ0n) is 43.3. The van der Waals surface area contributed by atoms with Crippen molar-refractivity contribution < 1.29 is 0 Å². The Morgan fingerprint density at radius 1 is 0.282 bits per heavy atom. The molecule has 78 heavy (non-hydrogen) atoms. The molecule has 0 fully saturated rings. The first-order valence-corrected chi connectivity index (χ1v) is 27.4. The molecule has 2 heterocycles. The molecule has 0 unspecified atom stereocenters. The van der Waals surface area contributed by atoms with Crippen LogP contribution in [0.3, 0.4) is 0 Å². The van der Waals surface area contributed by atoms with Crippen molar-refractivity contribution in [2.24, 2.45) is 0 Å². The number of hydrogen-bond donors (Lipinski definition) is 0. The van der Waals surface area contributed by atoms with Crippen LogP contribution in [0, 0.1) is 13.8 Å². The van der Waals surface area contributed by atoms with E-state index in [9.17, 15) is 0 Å². The lowest BCUT2D eigenvalue weighted by Crippen LogP contribution is -2.33. The smallest absolute Gasteiger partial charge is 0.0754 e. The monoisotopic (exact) mass is 990 g/mol. The van der Waals surface area contributed by atoms with Gasteiger partial charge in [0.2, 0.25) is 0 Å². The van der Waals surface area contributed by atoms with E-state index < -0.39 is 10.8 Å². The zero-order valence-corrected chi connectivity index (χ0v) is 43.3. The van der Waals surface area contributed by atoms with Gasteiger partial charge >= 0.3 is 0 Å². The van der Waals surface area contributed by atoms with Crippen LogP contribution in [-0.4, -0.2) is 4.57 Å². The van der Waals surface area contributed by atoms with Gasteiger partial charge in [0.15, 0.2) is 0 Å². The lowest BCUT2D eigenvalue weighted by atomic mass is 9.65. The second-order valence-electron chi connectivity index (χ2n) is 22.0. The average Bonchev–Trinajstić information content (AvgIpc) is 2.75. The Hall–Kier alpha value is -9.76. The van der Waals surface area contributed by atoms with Crippen molar-refractivity contribution >= 4 is 38.9 Å². The van der Waals surface area contributed by atoms with Gasteiger partial charge in [-0.15, -0.1) is 0 Å². The highest BCUT2D eigenvalue weighted by molar-refractivity contribution is 6.13. The Labute approximate surface area is 454 Å². The van der Waals surface area contributed by atoms with Gasteiger partial charge in [-0.1, -0.05) is 211 Å². The van der Waals surface area contributed by atoms with E-state index in [2.05, 4.69) is 290 Å². The van der Waals surface area contributed by atoms with Gasteiger partial charge in [0.05, 0.1) is 27.6 Å². The molecule has 0 radical (unpaired) electrons. The molecule has 0 bridgehead atoms. The molecule has 4 aliphatic rings. The lowest BCUT2D eigenvalue weighted by Gasteiger charge is -2.40. The van der Waals surface area contributed by atoms with E-state index in [0.717, 1.165) is 17.1 Å². The number of anilines is 3. The van der Waals surface area contributed by atoms with Crippen molar-refractivity contribution in [3.63, 3.8) is 0 Å². The second-order valence-corrected chi connectivity index (χ2v) is 22.0. The van der Waals surface area contributed by atoms with Crippen molar-refractivity contribution in [3.05, 3.63) is 323 Å². The highest BCUT2D eigenvalue weighted by Gasteiger charge is 2.53. The summed E-state index contributed by atoms with van der Waals surface area (Å²) in [6, 6.07) is 101. The minimum atomic E-state index is -0.529. The Kier molecular flexibility index (Phi) is 8.86. The maximum absolute atomic E-state index is 2.57. The largest absolute Gasteiger partial charge is 0.310 e. The molecule has 2 nitrogen and oxygen atoms in total. The molecule has 0 saturated carbocycles. The number of rotatable bonds is 5. The Balaban J connectivity index is 0.849. The molecule has 0 atom stereocenters. The first-order valence-electron chi connectivity index (χ1n) is 27.4. The highest BCUT2D eigenvalue weighted by atomic mass is 15.1. The summed E-state index contributed by atoms with van der Waals surface area (Å²) >= 11 is 0. The van der Waals surface area contributed by atoms with Crippen LogP contribution in [0.15, 0.2) is 267 Å². The van der Waals surface area contributed by atoms with Gasteiger partial charge in [-0.2, -0.15) is 0 Å². The molecule has 12 aromatic carbocycles. The van der Waals surface area contributed by atoms with Crippen molar-refractivity contribution in [3.8, 4) is 61.3 Å². The molecule has 1 aromatic heterocycles. The predicted molar refractivity (Wildman–Crippen MR) is 323 cm³/mol. The average molecular weight is 991 g/mol. The summed E-state index contributed by atoms with van der Waals surface area (Å²) in [5.41, 5.74) is 32.0. The number of aromatic nitrogens is 1. The molecular weight excluding hydrogens is 941 g/mol. The van der Waals surface area contributed by atoms with E-state index in [1.807, 2.05) is 0 Å². The van der Waals surface area contributed by atoms with Crippen LogP contribution in [-0.2, 0) is 10.8 Å². The van der Waals surface area contributed by atoms with E-state index in [0.29, 0.717) is 0 Å². The van der Waals surface area contributed by atoms with Crippen molar-refractivity contribution in [1.82, 2.24) is 4.57 Å². The minimum Gasteiger partial charge on any atom is -0.310 e. The van der Waals surface area contributed by atoms with E-state index in [-0.39, 0.29) is 0 Å². The standard InChI is InChI=1S/C76H50N2/c1-47-28-40-72-62(42-47)63-43-48(2)44-71-74(63)78(72)73-41-33-52(45-70(73)76(71)66-25-13-8-20-58(66)59-21-9-14-26-67(59)76)51-31-36-54(37-32-51)77(53-34-29-50(30-35-53)49-16-4-3-5-17-49)55-38-39-69-61(46-55)60-22-10-15-27-68(60)75(69)64-23-11-6-18-56(64)57-19-7-12-24-65(57)75/h3-46H,1-2H3. The fourth-order valence-electron chi connectivity index (χ4n) is 15.0. The van der Waals surface area contributed by atoms with Crippen LogP contribution in [0.25, 0.3) is 83.1 Å². The molecule has 1 aliphatic heterocycles. The lowest BCUT2D eigenvalue weighted by molar-refractivity contribution is 0.748. The number of fused-ring (bicyclic) bond motifs is 22. The Morgan fingerprint density at radius 3 is 1.28 bits per heavy atom. The molecule has 364 valence electrons. The van der Waals surface area contributed by atoms with E-state index in [1.165, 1.54) is 139 Å². The summed E-state index contributed by atoms with van der Waals surface area (Å²) in [7, 11) is 0. The van der Waals surface area contributed by atoms with Crippen molar-refractivity contribution in [1.29, 1.82) is 0 Å². The third-order valence-corrected chi connectivity index (χ3v) is 18.1. The van der Waals surface area contributed by atoms with E-state index >= 15 is 0 Å². The van der Waals surface area contributed by atoms with Gasteiger partial charge in [0, 0.05) is 27.8 Å². The molecular formula is C76H50N2. The van der Waals surface area contributed by atoms with Crippen LogP contribution in [0.1, 0.15) is 55.6 Å². The zero-order chi connectivity index (χ0) is 51.4. The Morgan fingerprint density at radius 2 is 0.718 bits per heavy atom. The number of hydrogen-bond acceptors (Lipinski definition) is 1. The van der Waals surface area contributed by atoms with Gasteiger partial charge in [-0.05, 0) is 181 Å². The third-order valence-electron chi connectivity index (χ3n) is 18.1. The molecule has 17 rings (SSSR count). The van der Waals surface area contributed by atoms with Crippen LogP contribution < -0.4 is 4.90 Å². The van der Waals surface area contributed by atoms with Crippen LogP contribution in [0.5, 0.6) is 0 Å². The fraction of sp³-hybridized carbons (Fsp3) is 0.0526. The summed E-state index contributed by atoms with van der Waals surface area (Å²) in [5, 5.41) is 2.62. The van der Waals surface area contributed by atoms with Gasteiger partial charge in [0.25, 0.3) is 0 Å². The quantitative estimate of drug-likeness (QED) is 0.167. The number of aryl methyl sites for hydroxylation is 2. The molecule has 0 saturated heterocycles. The molecule has 3 aliphatic carbocycles. The SMILES string of the molecule is Cc1ccc2c(c1)c1cc(C)cc3c1n2-c1ccc(-c2ccc(N(c4ccc(-c5ccccc5)cc4)c4ccc5c(c4)-c4ccccc4C54c5ccccc5-c5ccccc54)cc2)cc1C31c2ccccc2-c2ccccc21. The first kappa shape index (κ1) is 43.5. The number of benzene rings is 12. The van der Waals surface area contributed by atoms with Crippen LogP contribution in [0.2, 0.25) is 0 Å². The predicted octanol–water partition coefficient (Wildman–Crippen LogP) is 19.2. The van der Waals surface area contributed by atoms with Gasteiger partial charge < -0.3 is 9.47 Å². The number of nitrogens with zero attached hydrogens (tertiary/aromatic N) is 2. The van der Waals surface area contributed by atoms with E-state index in [4.69, 9.17) is 0 Å². The van der Waals surface area contributed by atoms with Gasteiger partial charge in [-0.25, -0.2) is 0 Å². The van der Waals surface area contributed by atoms with Gasteiger partial charge in [0.1, 0.15) is 0 Å².